The van der Waals surface area contributed by atoms with E-state index < -0.39 is 0 Å². The molecule has 1 fully saturated rings. The van der Waals surface area contributed by atoms with Crippen LogP contribution >= 0.6 is 23.3 Å². The SMILES string of the molecule is CC1(C)CN(c2nsnc2Cl)CCN1Cc1ccccc1. The van der Waals surface area contributed by atoms with E-state index in [1.807, 2.05) is 0 Å². The van der Waals surface area contributed by atoms with Gasteiger partial charge in [0.25, 0.3) is 0 Å². The number of hydrogen-bond donors (Lipinski definition) is 0. The first-order valence-corrected chi connectivity index (χ1v) is 8.19. The summed E-state index contributed by atoms with van der Waals surface area (Å²) in [6.07, 6.45) is 0. The van der Waals surface area contributed by atoms with Gasteiger partial charge in [-0.3, -0.25) is 4.90 Å². The van der Waals surface area contributed by atoms with Crippen molar-refractivity contribution in [1.29, 1.82) is 0 Å². The second-order valence-corrected chi connectivity index (χ2v) is 6.91. The van der Waals surface area contributed by atoms with Gasteiger partial charge >= 0.3 is 0 Å². The summed E-state index contributed by atoms with van der Waals surface area (Å²) in [7, 11) is 0. The van der Waals surface area contributed by atoms with Gasteiger partial charge in [0.15, 0.2) is 11.0 Å². The molecule has 1 aromatic heterocycles. The minimum absolute atomic E-state index is 0.0705. The normalized spacial score (nSPS) is 18.9. The number of aromatic nitrogens is 2. The molecule has 1 aliphatic rings. The molecule has 0 atom stereocenters. The van der Waals surface area contributed by atoms with Crippen molar-refractivity contribution < 1.29 is 0 Å². The van der Waals surface area contributed by atoms with E-state index in [0.717, 1.165) is 32.0 Å². The van der Waals surface area contributed by atoms with Gasteiger partial charge in [-0.2, -0.15) is 8.75 Å². The minimum Gasteiger partial charge on any atom is -0.350 e. The van der Waals surface area contributed by atoms with Gasteiger partial charge in [0, 0.05) is 31.7 Å². The molecule has 0 bridgehead atoms. The van der Waals surface area contributed by atoms with Gasteiger partial charge in [-0.1, -0.05) is 41.9 Å². The fraction of sp³-hybridized carbons (Fsp3) is 0.467. The van der Waals surface area contributed by atoms with Crippen LogP contribution in [0.5, 0.6) is 0 Å². The van der Waals surface area contributed by atoms with Gasteiger partial charge in [0.05, 0.1) is 11.7 Å². The zero-order valence-electron chi connectivity index (χ0n) is 12.3. The Kier molecular flexibility index (Phi) is 4.15. The molecule has 0 saturated carbocycles. The summed E-state index contributed by atoms with van der Waals surface area (Å²) in [6.45, 7) is 8.36. The van der Waals surface area contributed by atoms with Crippen LogP contribution in [-0.4, -0.2) is 38.8 Å². The van der Waals surface area contributed by atoms with Crippen molar-refractivity contribution in [3.05, 3.63) is 41.0 Å². The van der Waals surface area contributed by atoms with Crippen LogP contribution < -0.4 is 4.90 Å². The molecule has 0 amide bonds. The maximum atomic E-state index is 6.11. The lowest BCUT2D eigenvalue weighted by atomic mass is 9.97. The Bertz CT molecular complexity index is 599. The third kappa shape index (κ3) is 3.20. The second-order valence-electron chi connectivity index (χ2n) is 6.02. The Hall–Kier alpha value is -1.17. The lowest BCUT2D eigenvalue weighted by Crippen LogP contribution is -2.59. The van der Waals surface area contributed by atoms with E-state index >= 15 is 0 Å². The van der Waals surface area contributed by atoms with Crippen LogP contribution in [0, 0.1) is 0 Å². The summed E-state index contributed by atoms with van der Waals surface area (Å²) in [5, 5.41) is 0.521. The second kappa shape index (κ2) is 5.91. The topological polar surface area (TPSA) is 32.3 Å². The fourth-order valence-electron chi connectivity index (χ4n) is 2.83. The maximum absolute atomic E-state index is 6.11. The predicted molar refractivity (Wildman–Crippen MR) is 88.1 cm³/mol. The van der Waals surface area contributed by atoms with Crippen LogP contribution in [0.1, 0.15) is 19.4 Å². The highest BCUT2D eigenvalue weighted by atomic mass is 35.5. The van der Waals surface area contributed by atoms with E-state index in [1.54, 1.807) is 0 Å². The van der Waals surface area contributed by atoms with E-state index in [0.29, 0.717) is 5.15 Å². The number of anilines is 1. The van der Waals surface area contributed by atoms with Crippen LogP contribution in [0.4, 0.5) is 5.82 Å². The minimum atomic E-state index is 0.0705. The van der Waals surface area contributed by atoms with E-state index in [1.165, 1.54) is 17.3 Å². The largest absolute Gasteiger partial charge is 0.350 e. The zero-order valence-corrected chi connectivity index (χ0v) is 13.9. The highest BCUT2D eigenvalue weighted by molar-refractivity contribution is 6.99. The molecule has 0 spiro atoms. The molecule has 1 saturated heterocycles. The van der Waals surface area contributed by atoms with Gasteiger partial charge in [-0.15, -0.1) is 0 Å². The first kappa shape index (κ1) is 14.8. The van der Waals surface area contributed by atoms with E-state index in [2.05, 4.69) is 62.7 Å². The van der Waals surface area contributed by atoms with Crippen LogP contribution in [0.3, 0.4) is 0 Å². The molecule has 1 aliphatic heterocycles. The molecule has 0 N–H and O–H groups in total. The molecule has 21 heavy (non-hydrogen) atoms. The average molecular weight is 323 g/mol. The summed E-state index contributed by atoms with van der Waals surface area (Å²) in [5.41, 5.74) is 1.42. The van der Waals surface area contributed by atoms with Gasteiger partial charge in [0.1, 0.15) is 0 Å². The van der Waals surface area contributed by atoms with Crippen LogP contribution in [0.25, 0.3) is 0 Å². The van der Waals surface area contributed by atoms with Crippen molar-refractivity contribution in [3.8, 4) is 0 Å². The molecule has 2 heterocycles. The summed E-state index contributed by atoms with van der Waals surface area (Å²) < 4.78 is 8.39. The number of benzene rings is 1. The molecule has 0 aliphatic carbocycles. The third-order valence-electron chi connectivity index (χ3n) is 4.02. The van der Waals surface area contributed by atoms with Gasteiger partial charge in [-0.25, -0.2) is 0 Å². The van der Waals surface area contributed by atoms with Gasteiger partial charge in [-0.05, 0) is 19.4 Å². The molecule has 6 heteroatoms. The highest BCUT2D eigenvalue weighted by Crippen LogP contribution is 2.29. The number of nitrogens with zero attached hydrogens (tertiary/aromatic N) is 4. The lowest BCUT2D eigenvalue weighted by molar-refractivity contribution is 0.0960. The Balaban J connectivity index is 1.72. The van der Waals surface area contributed by atoms with Crippen molar-refractivity contribution in [2.75, 3.05) is 24.5 Å². The molecule has 112 valence electrons. The number of halogens is 1. The maximum Gasteiger partial charge on any atom is 0.187 e. The quantitative estimate of drug-likeness (QED) is 0.868. The van der Waals surface area contributed by atoms with E-state index in [4.69, 9.17) is 11.6 Å². The number of hydrogen-bond acceptors (Lipinski definition) is 5. The third-order valence-corrected chi connectivity index (χ3v) is 4.89. The lowest BCUT2D eigenvalue weighted by Gasteiger charge is -2.47. The molecule has 4 nitrogen and oxygen atoms in total. The van der Waals surface area contributed by atoms with Crippen molar-refractivity contribution >= 4 is 29.1 Å². The highest BCUT2D eigenvalue weighted by Gasteiger charge is 2.35. The molecule has 2 aromatic rings. The van der Waals surface area contributed by atoms with Crippen LogP contribution in [-0.2, 0) is 6.54 Å². The van der Waals surface area contributed by atoms with Crippen molar-refractivity contribution in [2.24, 2.45) is 0 Å². The summed E-state index contributed by atoms with van der Waals surface area (Å²) >= 11 is 7.29. The number of rotatable bonds is 3. The van der Waals surface area contributed by atoms with Crippen LogP contribution in [0.2, 0.25) is 5.15 Å². The van der Waals surface area contributed by atoms with Crippen LogP contribution in [0.15, 0.2) is 30.3 Å². The molecule has 3 rings (SSSR count). The average Bonchev–Trinajstić information content (AvgIpc) is 2.88. The predicted octanol–water partition coefficient (Wildman–Crippen LogP) is 3.29. The Morgan fingerprint density at radius 1 is 1.19 bits per heavy atom. The van der Waals surface area contributed by atoms with Gasteiger partial charge in [0.2, 0.25) is 0 Å². The molecule has 0 radical (unpaired) electrons. The van der Waals surface area contributed by atoms with Crippen molar-refractivity contribution in [1.82, 2.24) is 13.6 Å². The zero-order chi connectivity index (χ0) is 14.9. The first-order chi connectivity index (χ1) is 10.1. The van der Waals surface area contributed by atoms with E-state index in [9.17, 15) is 0 Å². The summed E-state index contributed by atoms with van der Waals surface area (Å²) in [5.74, 6) is 0.828. The smallest absolute Gasteiger partial charge is 0.187 e. The Labute approximate surface area is 134 Å². The molecular weight excluding hydrogens is 304 g/mol. The molecule has 0 unspecified atom stereocenters. The van der Waals surface area contributed by atoms with E-state index in [-0.39, 0.29) is 5.54 Å². The molecule has 1 aromatic carbocycles. The van der Waals surface area contributed by atoms with Gasteiger partial charge < -0.3 is 4.90 Å². The first-order valence-electron chi connectivity index (χ1n) is 7.08. The fourth-order valence-corrected chi connectivity index (χ4v) is 3.61. The summed E-state index contributed by atoms with van der Waals surface area (Å²) in [4.78, 5) is 4.76. The number of piperazine rings is 1. The standard InChI is InChI=1S/C15H19ClN4S/c1-15(2)11-19(14-13(16)17-21-18-14)8-9-20(15)10-12-6-4-3-5-7-12/h3-7H,8-11H2,1-2H3. The Morgan fingerprint density at radius 2 is 1.95 bits per heavy atom. The molecular formula is C15H19ClN4S. The summed E-state index contributed by atoms with van der Waals surface area (Å²) in [6, 6.07) is 10.6. The Morgan fingerprint density at radius 3 is 2.57 bits per heavy atom. The van der Waals surface area contributed by atoms with Crippen molar-refractivity contribution in [3.63, 3.8) is 0 Å². The monoisotopic (exact) mass is 322 g/mol. The van der Waals surface area contributed by atoms with Crippen molar-refractivity contribution in [2.45, 2.75) is 25.9 Å².